The van der Waals surface area contributed by atoms with Crippen LogP contribution in [0.4, 0.5) is 9.18 Å². The molecule has 0 radical (unpaired) electrons. The predicted octanol–water partition coefficient (Wildman–Crippen LogP) is 3.80. The highest BCUT2D eigenvalue weighted by atomic mass is 19.1. The Morgan fingerprint density at radius 1 is 1.28 bits per heavy atom. The van der Waals surface area contributed by atoms with Crippen molar-refractivity contribution in [3.8, 4) is 11.4 Å². The van der Waals surface area contributed by atoms with Crippen molar-refractivity contribution in [2.75, 3.05) is 20.1 Å². The number of carbonyl (C=O) groups excluding carboxylic acids is 2. The van der Waals surface area contributed by atoms with Crippen LogP contribution in [0.1, 0.15) is 52.5 Å². The van der Waals surface area contributed by atoms with E-state index in [4.69, 9.17) is 4.74 Å². The summed E-state index contributed by atoms with van der Waals surface area (Å²) in [7, 11) is 1.83. The molecule has 8 nitrogen and oxygen atoms in total. The highest BCUT2D eigenvalue weighted by Gasteiger charge is 2.58. The fourth-order valence-electron chi connectivity index (χ4n) is 5.54. The molecule has 2 aliphatic rings. The average molecular weight is 498 g/mol. The molecule has 0 aliphatic carbocycles. The van der Waals surface area contributed by atoms with Gasteiger partial charge in [-0.3, -0.25) is 9.69 Å². The van der Waals surface area contributed by atoms with Crippen molar-refractivity contribution < 1.29 is 18.7 Å². The summed E-state index contributed by atoms with van der Waals surface area (Å²) in [5.41, 5.74) is 0.324. The van der Waals surface area contributed by atoms with Gasteiger partial charge in [0.05, 0.1) is 18.4 Å². The average Bonchev–Trinajstić information content (AvgIpc) is 3.41. The van der Waals surface area contributed by atoms with E-state index in [1.54, 1.807) is 4.90 Å². The Morgan fingerprint density at radius 2 is 2.00 bits per heavy atom. The van der Waals surface area contributed by atoms with Gasteiger partial charge in [0.1, 0.15) is 11.1 Å². The molecule has 2 amide bonds. The topological polar surface area (TPSA) is 87.7 Å². The van der Waals surface area contributed by atoms with Gasteiger partial charge >= 0.3 is 6.09 Å². The summed E-state index contributed by atoms with van der Waals surface area (Å²) in [4.78, 5) is 38.9. The van der Waals surface area contributed by atoms with Gasteiger partial charge in [-0.15, -0.1) is 0 Å². The van der Waals surface area contributed by atoms with Crippen molar-refractivity contribution in [1.82, 2.24) is 25.1 Å². The molecular weight excluding hydrogens is 461 g/mol. The fourth-order valence-corrected chi connectivity index (χ4v) is 5.54. The lowest BCUT2D eigenvalue weighted by molar-refractivity contribution is -0.141. The van der Waals surface area contributed by atoms with Crippen molar-refractivity contribution in [3.63, 3.8) is 0 Å². The van der Waals surface area contributed by atoms with Crippen LogP contribution in [0.25, 0.3) is 11.4 Å². The van der Waals surface area contributed by atoms with Crippen LogP contribution in [0.3, 0.4) is 0 Å². The second-order valence-corrected chi connectivity index (χ2v) is 10.8. The second kappa shape index (κ2) is 10.1. The number of rotatable bonds is 6. The summed E-state index contributed by atoms with van der Waals surface area (Å²) in [5, 5.41) is 3.07. The third-order valence-electron chi connectivity index (χ3n) is 7.09. The molecule has 1 aromatic carbocycles. The zero-order valence-electron chi connectivity index (χ0n) is 21.8. The maximum Gasteiger partial charge on any atom is 0.407 e. The van der Waals surface area contributed by atoms with Crippen molar-refractivity contribution in [3.05, 3.63) is 48.0 Å². The molecule has 0 bridgehead atoms. The largest absolute Gasteiger partial charge is 0.444 e. The lowest BCUT2D eigenvalue weighted by Gasteiger charge is -2.39. The highest BCUT2D eigenvalue weighted by molar-refractivity contribution is 5.87. The summed E-state index contributed by atoms with van der Waals surface area (Å²) >= 11 is 0. The van der Waals surface area contributed by atoms with E-state index in [9.17, 15) is 14.0 Å². The number of carbonyl (C=O) groups is 2. The van der Waals surface area contributed by atoms with Crippen LogP contribution in [0.5, 0.6) is 0 Å². The number of benzene rings is 1. The van der Waals surface area contributed by atoms with Crippen LogP contribution in [-0.4, -0.2) is 75.1 Å². The summed E-state index contributed by atoms with van der Waals surface area (Å²) in [5.74, 6) is -0.00955. The first-order valence-corrected chi connectivity index (χ1v) is 12.6. The highest BCUT2D eigenvalue weighted by Crippen LogP contribution is 2.43. The van der Waals surface area contributed by atoms with Crippen LogP contribution in [0.15, 0.2) is 36.7 Å². The zero-order chi connectivity index (χ0) is 26.1. The van der Waals surface area contributed by atoms with Gasteiger partial charge in [0.25, 0.3) is 0 Å². The Labute approximate surface area is 212 Å². The minimum absolute atomic E-state index is 0.0498. The lowest BCUT2D eigenvalue weighted by atomic mass is 9.84. The minimum Gasteiger partial charge on any atom is -0.444 e. The fraction of sp³-hybridized carbons (Fsp3) is 0.556. The zero-order valence-corrected chi connectivity index (χ0v) is 21.8. The van der Waals surface area contributed by atoms with Crippen LogP contribution in [0, 0.1) is 5.82 Å². The van der Waals surface area contributed by atoms with Gasteiger partial charge in [-0.05, 0) is 71.6 Å². The quantitative estimate of drug-likeness (QED) is 0.653. The smallest absolute Gasteiger partial charge is 0.407 e. The Hall–Kier alpha value is -3.07. The number of amides is 2. The van der Waals surface area contributed by atoms with Crippen molar-refractivity contribution in [1.29, 1.82) is 0 Å². The third kappa shape index (κ3) is 5.36. The van der Waals surface area contributed by atoms with Gasteiger partial charge in [-0.2, -0.15) is 0 Å². The number of aromatic nitrogens is 2. The van der Waals surface area contributed by atoms with E-state index >= 15 is 0 Å². The van der Waals surface area contributed by atoms with Crippen molar-refractivity contribution in [2.24, 2.45) is 0 Å². The van der Waals surface area contributed by atoms with Crippen LogP contribution in [-0.2, 0) is 16.0 Å². The monoisotopic (exact) mass is 497 g/mol. The van der Waals surface area contributed by atoms with E-state index in [-0.39, 0.29) is 18.0 Å². The Morgan fingerprint density at radius 3 is 2.67 bits per heavy atom. The third-order valence-corrected chi connectivity index (χ3v) is 7.09. The summed E-state index contributed by atoms with van der Waals surface area (Å²) < 4.78 is 18.9. The molecule has 1 aromatic heterocycles. The standard InChI is InChI=1S/C27H36FN5O3/c1-6-32(5)24(34)27(14-18-9-7-10-19(13-18)23-29-16-20(28)17-30-23)15-21(22-11-8-12-33(22)27)31-25(35)36-26(2,3)4/h7,9-10,13,16-17,21-22H,6,8,11-12,14-15H2,1-5H3,(H,31,35)/t21-,22+,27+/m1/s1. The normalized spacial score (nSPS) is 23.8. The number of alkyl carbamates (subject to hydrolysis) is 1. The molecule has 194 valence electrons. The van der Waals surface area contributed by atoms with Gasteiger partial charge < -0.3 is 15.0 Å². The molecule has 2 aromatic rings. The van der Waals surface area contributed by atoms with E-state index in [0.29, 0.717) is 25.2 Å². The summed E-state index contributed by atoms with van der Waals surface area (Å²) in [6.45, 7) is 8.86. The molecule has 0 unspecified atom stereocenters. The number of fused-ring (bicyclic) bond motifs is 1. The van der Waals surface area contributed by atoms with Gasteiger partial charge in [-0.25, -0.2) is 19.2 Å². The molecule has 36 heavy (non-hydrogen) atoms. The molecule has 2 saturated heterocycles. The molecule has 9 heteroatoms. The number of hydrogen-bond acceptors (Lipinski definition) is 6. The summed E-state index contributed by atoms with van der Waals surface area (Å²) in [6.07, 6.45) is 4.69. The van der Waals surface area contributed by atoms with Crippen molar-refractivity contribution in [2.45, 2.75) is 76.6 Å². The Bertz CT molecular complexity index is 1100. The molecule has 4 rings (SSSR count). The van der Waals surface area contributed by atoms with Gasteiger partial charge in [0.2, 0.25) is 5.91 Å². The van der Waals surface area contributed by atoms with Crippen LogP contribution < -0.4 is 5.32 Å². The lowest BCUT2D eigenvalue weighted by Crippen LogP contribution is -2.57. The number of hydrogen-bond donors (Lipinski definition) is 1. The van der Waals surface area contributed by atoms with Crippen molar-refractivity contribution >= 4 is 12.0 Å². The molecule has 3 heterocycles. The first-order chi connectivity index (χ1) is 17.0. The number of halogens is 1. The van der Waals surface area contributed by atoms with E-state index in [2.05, 4.69) is 20.2 Å². The SMILES string of the molecule is CCN(C)C(=O)[C@]1(Cc2cccc(-c3ncc(F)cn3)c2)C[C@@H](NC(=O)OC(C)(C)C)[C@@H]2CCCN21. The number of likely N-dealkylation sites (N-methyl/N-ethyl adjacent to an activating group) is 1. The molecule has 2 fully saturated rings. The first-order valence-electron chi connectivity index (χ1n) is 12.6. The van der Waals surface area contributed by atoms with E-state index in [1.807, 2.05) is 59.0 Å². The van der Waals surface area contributed by atoms with Gasteiger partial charge in [0, 0.05) is 25.2 Å². The maximum absolute atomic E-state index is 14.0. The van der Waals surface area contributed by atoms with Crippen LogP contribution >= 0.6 is 0 Å². The molecule has 0 spiro atoms. The maximum atomic E-state index is 14.0. The molecule has 1 N–H and O–H groups in total. The van der Waals surface area contributed by atoms with E-state index in [0.717, 1.165) is 42.9 Å². The first kappa shape index (κ1) is 26.0. The number of ether oxygens (including phenoxy) is 1. The van der Waals surface area contributed by atoms with E-state index in [1.165, 1.54) is 0 Å². The second-order valence-electron chi connectivity index (χ2n) is 10.8. The molecule has 2 aliphatic heterocycles. The molecule has 0 saturated carbocycles. The molecular formula is C27H36FN5O3. The number of nitrogens with one attached hydrogen (secondary N) is 1. The Balaban J connectivity index is 1.67. The number of nitrogens with zero attached hydrogens (tertiary/aromatic N) is 4. The minimum atomic E-state index is -0.798. The van der Waals surface area contributed by atoms with Gasteiger partial charge in [-0.1, -0.05) is 18.2 Å². The predicted molar refractivity (Wildman–Crippen MR) is 135 cm³/mol. The van der Waals surface area contributed by atoms with Crippen LogP contribution in [0.2, 0.25) is 0 Å². The van der Waals surface area contributed by atoms with Gasteiger partial charge in [0.15, 0.2) is 11.6 Å². The van der Waals surface area contributed by atoms with E-state index < -0.39 is 23.1 Å². The molecule has 3 atom stereocenters. The Kier molecular flexibility index (Phi) is 7.31. The summed E-state index contributed by atoms with van der Waals surface area (Å²) in [6, 6.07) is 7.62.